The van der Waals surface area contributed by atoms with Gasteiger partial charge in [-0.3, -0.25) is 4.79 Å². The van der Waals surface area contributed by atoms with Crippen LogP contribution in [0.1, 0.15) is 63.0 Å². The highest BCUT2D eigenvalue weighted by molar-refractivity contribution is 5.76. The van der Waals surface area contributed by atoms with Gasteiger partial charge in [-0.15, -0.1) is 0 Å². The van der Waals surface area contributed by atoms with E-state index in [0.717, 1.165) is 37.9 Å². The first-order chi connectivity index (χ1) is 11.2. The third-order valence-electron chi connectivity index (χ3n) is 5.67. The normalized spacial score (nSPS) is 22.0. The third kappa shape index (κ3) is 4.35. The van der Waals surface area contributed by atoms with Gasteiger partial charge >= 0.3 is 0 Å². The van der Waals surface area contributed by atoms with Gasteiger partial charge in [-0.05, 0) is 43.1 Å². The summed E-state index contributed by atoms with van der Waals surface area (Å²) < 4.78 is 0. The van der Waals surface area contributed by atoms with E-state index >= 15 is 0 Å². The number of hydrogen-bond acceptors (Lipinski definition) is 2. The van der Waals surface area contributed by atoms with Gasteiger partial charge in [-0.1, -0.05) is 49.6 Å². The lowest BCUT2D eigenvalue weighted by molar-refractivity contribution is -0.134. The average molecular weight is 315 g/mol. The summed E-state index contributed by atoms with van der Waals surface area (Å²) in [6, 6.07) is 9.90. The second-order valence-corrected chi connectivity index (χ2v) is 7.28. The lowest BCUT2D eigenvalue weighted by Gasteiger charge is -2.35. The number of piperidine rings is 1. The summed E-state index contributed by atoms with van der Waals surface area (Å²) in [6.07, 6.45) is 8.56. The molecule has 3 heteroatoms. The summed E-state index contributed by atoms with van der Waals surface area (Å²) in [5, 5.41) is 10.5. The van der Waals surface area contributed by atoms with Crippen LogP contribution in [-0.4, -0.2) is 29.0 Å². The molecule has 1 unspecified atom stereocenters. The van der Waals surface area contributed by atoms with E-state index < -0.39 is 6.10 Å². The van der Waals surface area contributed by atoms with E-state index in [1.807, 2.05) is 35.2 Å². The van der Waals surface area contributed by atoms with E-state index in [9.17, 15) is 9.90 Å². The van der Waals surface area contributed by atoms with Crippen molar-refractivity contribution in [1.29, 1.82) is 0 Å². The Bertz CT molecular complexity index is 488. The number of benzene rings is 1. The fourth-order valence-electron chi connectivity index (χ4n) is 4.15. The van der Waals surface area contributed by atoms with Crippen molar-refractivity contribution in [3.05, 3.63) is 35.9 Å². The van der Waals surface area contributed by atoms with Crippen molar-refractivity contribution in [1.82, 2.24) is 4.90 Å². The molecule has 2 fully saturated rings. The number of hydrogen-bond donors (Lipinski definition) is 1. The van der Waals surface area contributed by atoms with Crippen LogP contribution in [0, 0.1) is 11.8 Å². The van der Waals surface area contributed by atoms with Crippen molar-refractivity contribution in [2.75, 3.05) is 13.1 Å². The highest BCUT2D eigenvalue weighted by Crippen LogP contribution is 2.32. The monoisotopic (exact) mass is 315 g/mol. The highest BCUT2D eigenvalue weighted by Gasteiger charge is 2.29. The van der Waals surface area contributed by atoms with Crippen LogP contribution in [0.3, 0.4) is 0 Å². The molecule has 1 aliphatic carbocycles. The van der Waals surface area contributed by atoms with Crippen molar-refractivity contribution in [2.24, 2.45) is 11.8 Å². The van der Waals surface area contributed by atoms with Crippen LogP contribution in [0.5, 0.6) is 0 Å². The second kappa shape index (κ2) is 7.96. The molecule has 0 radical (unpaired) electrons. The number of rotatable bonds is 4. The molecule has 0 aromatic heterocycles. The lowest BCUT2D eigenvalue weighted by atomic mass is 9.85. The molecule has 3 nitrogen and oxygen atoms in total. The van der Waals surface area contributed by atoms with Gasteiger partial charge in [-0.2, -0.15) is 0 Å². The predicted octanol–water partition coefficient (Wildman–Crippen LogP) is 3.93. The van der Waals surface area contributed by atoms with Crippen LogP contribution in [0.2, 0.25) is 0 Å². The maximum Gasteiger partial charge on any atom is 0.222 e. The quantitative estimate of drug-likeness (QED) is 0.914. The van der Waals surface area contributed by atoms with E-state index in [1.54, 1.807) is 0 Å². The molecule has 1 N–H and O–H groups in total. The molecule has 2 aliphatic rings. The summed E-state index contributed by atoms with van der Waals surface area (Å²) >= 11 is 0. The molecule has 0 spiro atoms. The van der Waals surface area contributed by atoms with Crippen LogP contribution in [0.25, 0.3) is 0 Å². The van der Waals surface area contributed by atoms with Gasteiger partial charge in [0.15, 0.2) is 0 Å². The van der Waals surface area contributed by atoms with E-state index in [4.69, 9.17) is 0 Å². The first-order valence-electron chi connectivity index (χ1n) is 9.25. The molecule has 1 aromatic rings. The first-order valence-corrected chi connectivity index (χ1v) is 9.25. The third-order valence-corrected chi connectivity index (χ3v) is 5.67. The number of amides is 1. The summed E-state index contributed by atoms with van der Waals surface area (Å²) in [6.45, 7) is 1.61. The summed E-state index contributed by atoms with van der Waals surface area (Å²) in [5.74, 6) is 1.23. The summed E-state index contributed by atoms with van der Waals surface area (Å²) in [7, 11) is 0. The van der Waals surface area contributed by atoms with Crippen LogP contribution < -0.4 is 0 Å². The molecule has 1 saturated heterocycles. The Balaban J connectivity index is 1.47. The minimum Gasteiger partial charge on any atom is -0.388 e. The first kappa shape index (κ1) is 16.5. The predicted molar refractivity (Wildman–Crippen MR) is 91.9 cm³/mol. The van der Waals surface area contributed by atoms with Crippen molar-refractivity contribution >= 4 is 5.91 Å². The van der Waals surface area contributed by atoms with E-state index in [2.05, 4.69) is 0 Å². The molecular weight excluding hydrogens is 286 g/mol. The minimum atomic E-state index is -0.396. The van der Waals surface area contributed by atoms with E-state index in [1.165, 1.54) is 32.1 Å². The van der Waals surface area contributed by atoms with Gasteiger partial charge in [0.05, 0.1) is 6.10 Å². The maximum absolute atomic E-state index is 12.5. The molecule has 1 aromatic carbocycles. The number of aliphatic hydroxyl groups is 1. The molecule has 1 heterocycles. The van der Waals surface area contributed by atoms with Crippen LogP contribution >= 0.6 is 0 Å². The Labute approximate surface area is 139 Å². The fraction of sp³-hybridized carbons (Fsp3) is 0.650. The Morgan fingerprint density at radius 3 is 2.35 bits per heavy atom. The van der Waals surface area contributed by atoms with Crippen LogP contribution in [0.4, 0.5) is 0 Å². The Morgan fingerprint density at radius 1 is 1.04 bits per heavy atom. The molecule has 3 rings (SSSR count). The van der Waals surface area contributed by atoms with Crippen molar-refractivity contribution in [3.63, 3.8) is 0 Å². The number of aliphatic hydroxyl groups excluding tert-OH is 1. The van der Waals surface area contributed by atoms with Gasteiger partial charge in [0.1, 0.15) is 0 Å². The lowest BCUT2D eigenvalue weighted by Crippen LogP contribution is -2.40. The molecule has 1 aliphatic heterocycles. The minimum absolute atomic E-state index is 0.274. The maximum atomic E-state index is 12.5. The van der Waals surface area contributed by atoms with Crippen LogP contribution in [-0.2, 0) is 4.79 Å². The topological polar surface area (TPSA) is 40.5 Å². The molecule has 1 amide bonds. The van der Waals surface area contributed by atoms with Crippen molar-refractivity contribution in [3.8, 4) is 0 Å². The molecule has 0 bridgehead atoms. The molecule has 1 atom stereocenters. The van der Waals surface area contributed by atoms with Crippen molar-refractivity contribution < 1.29 is 9.90 Å². The van der Waals surface area contributed by atoms with E-state index in [0.29, 0.717) is 11.8 Å². The molecule has 1 saturated carbocycles. The van der Waals surface area contributed by atoms with Gasteiger partial charge in [0.25, 0.3) is 0 Å². The fourth-order valence-corrected chi connectivity index (χ4v) is 4.15. The zero-order valence-corrected chi connectivity index (χ0v) is 14.0. The number of carbonyl (C=O) groups is 1. The second-order valence-electron chi connectivity index (χ2n) is 7.28. The Kier molecular flexibility index (Phi) is 5.71. The number of carbonyl (C=O) groups excluding carboxylic acids is 1. The largest absolute Gasteiger partial charge is 0.388 e. The summed E-state index contributed by atoms with van der Waals surface area (Å²) in [4.78, 5) is 14.5. The molecular formula is C20H29NO2. The Hall–Kier alpha value is -1.35. The SMILES string of the molecule is O=C(CC1CCCCC1)N1CCC(C(O)c2ccccc2)CC1. The highest BCUT2D eigenvalue weighted by atomic mass is 16.3. The van der Waals surface area contributed by atoms with Crippen molar-refractivity contribution in [2.45, 2.75) is 57.5 Å². The zero-order chi connectivity index (χ0) is 16.1. The van der Waals surface area contributed by atoms with Crippen LogP contribution in [0.15, 0.2) is 30.3 Å². The number of nitrogens with zero attached hydrogens (tertiary/aromatic N) is 1. The molecule has 23 heavy (non-hydrogen) atoms. The average Bonchev–Trinajstić information content (AvgIpc) is 2.63. The number of likely N-dealkylation sites (tertiary alicyclic amines) is 1. The van der Waals surface area contributed by atoms with E-state index in [-0.39, 0.29) is 5.92 Å². The van der Waals surface area contributed by atoms with Gasteiger partial charge in [0.2, 0.25) is 5.91 Å². The summed E-state index contributed by atoms with van der Waals surface area (Å²) in [5.41, 5.74) is 1.000. The zero-order valence-electron chi connectivity index (χ0n) is 14.0. The smallest absolute Gasteiger partial charge is 0.222 e. The molecule has 126 valence electrons. The van der Waals surface area contributed by atoms with Gasteiger partial charge in [-0.25, -0.2) is 0 Å². The van der Waals surface area contributed by atoms with Gasteiger partial charge < -0.3 is 10.0 Å². The van der Waals surface area contributed by atoms with Gasteiger partial charge in [0, 0.05) is 19.5 Å². The standard InChI is InChI=1S/C20H29NO2/c22-19(15-16-7-3-1-4-8-16)21-13-11-18(12-14-21)20(23)17-9-5-2-6-10-17/h2,5-6,9-10,16,18,20,23H,1,3-4,7-8,11-15H2. The Morgan fingerprint density at radius 2 is 1.70 bits per heavy atom.